The Morgan fingerprint density at radius 1 is 0.933 bits per heavy atom. The quantitative estimate of drug-likeness (QED) is 0.225. The summed E-state index contributed by atoms with van der Waals surface area (Å²) in [7, 11) is 0. The van der Waals surface area contributed by atoms with Gasteiger partial charge >= 0.3 is 6.03 Å². The van der Waals surface area contributed by atoms with Gasteiger partial charge in [-0.15, -0.1) is 0 Å². The maximum absolute atomic E-state index is 12.1. The molecule has 0 bridgehead atoms. The summed E-state index contributed by atoms with van der Waals surface area (Å²) in [5.74, 6) is 0. The summed E-state index contributed by atoms with van der Waals surface area (Å²) in [5.41, 5.74) is 13.6. The van der Waals surface area contributed by atoms with Crippen LogP contribution in [-0.2, 0) is 37.3 Å². The molecule has 3 aromatic carbocycles. The number of rotatable bonds is 10. The van der Waals surface area contributed by atoms with Crippen molar-refractivity contribution in [2.24, 2.45) is 5.73 Å². The number of β-amino-alcohol motifs (C(OH)–C–C–N with tert-alkyl or cyclic N) is 1. The number of primary amides is 1. The number of aromatic nitrogens is 2. The Hall–Kier alpha value is -3.44. The van der Waals surface area contributed by atoms with Gasteiger partial charge in [-0.05, 0) is 41.0 Å². The molecule has 2 amide bonds. The van der Waals surface area contributed by atoms with Crippen LogP contribution in [0.1, 0.15) is 22.4 Å². The number of nitrogens with zero attached hydrogens (tertiary/aromatic N) is 4. The molecule has 11 heteroatoms. The van der Waals surface area contributed by atoms with Gasteiger partial charge in [0.25, 0.3) is 0 Å². The Morgan fingerprint density at radius 3 is 2.29 bits per heavy atom. The Kier molecular flexibility index (Phi) is 10.0. The number of carbonyl (C=O) groups is 1. The Bertz CT molecular complexity index is 1620. The van der Waals surface area contributed by atoms with E-state index in [1.165, 1.54) is 5.56 Å². The van der Waals surface area contributed by atoms with Gasteiger partial charge in [-0.1, -0.05) is 65.7 Å². The second-order valence-electron chi connectivity index (χ2n) is 11.7. The SMILES string of the molecule is NC(=O)N1CCc2c(c(-c3ccc(Cl)c(-c4ccc(CNCc5ccc(Cl)cc5)cc4)c3)nn2C[C@@H](O)CN2CCOCC2)C1. The van der Waals surface area contributed by atoms with E-state index >= 15 is 0 Å². The number of hydrogen-bond acceptors (Lipinski definition) is 6. The lowest BCUT2D eigenvalue weighted by atomic mass is 9.97. The van der Waals surface area contributed by atoms with Gasteiger partial charge in [0.15, 0.2) is 0 Å². The molecule has 1 atom stereocenters. The summed E-state index contributed by atoms with van der Waals surface area (Å²) in [6.45, 7) is 6.26. The van der Waals surface area contributed by atoms with Crippen LogP contribution in [0.25, 0.3) is 22.4 Å². The molecule has 3 heterocycles. The predicted molar refractivity (Wildman–Crippen MR) is 177 cm³/mol. The number of morpholine rings is 1. The number of carbonyl (C=O) groups excluding carboxylic acids is 1. The van der Waals surface area contributed by atoms with Crippen LogP contribution in [0.3, 0.4) is 0 Å². The van der Waals surface area contributed by atoms with Gasteiger partial charge < -0.3 is 25.8 Å². The summed E-state index contributed by atoms with van der Waals surface area (Å²) >= 11 is 12.7. The molecule has 1 aromatic heterocycles. The average Bonchev–Trinajstić information content (AvgIpc) is 3.40. The van der Waals surface area contributed by atoms with E-state index in [1.807, 2.05) is 41.1 Å². The molecule has 6 rings (SSSR count). The van der Waals surface area contributed by atoms with Gasteiger partial charge in [-0.25, -0.2) is 4.79 Å². The fourth-order valence-electron chi connectivity index (χ4n) is 6.05. The number of benzene rings is 3. The summed E-state index contributed by atoms with van der Waals surface area (Å²) in [6.07, 6.45) is 0.0258. The van der Waals surface area contributed by atoms with Crippen molar-refractivity contribution in [2.75, 3.05) is 39.4 Å². The van der Waals surface area contributed by atoms with Crippen LogP contribution in [0.15, 0.2) is 66.7 Å². The van der Waals surface area contributed by atoms with Crippen LogP contribution in [0.5, 0.6) is 0 Å². The molecule has 0 radical (unpaired) electrons. The Balaban J connectivity index is 1.21. The molecule has 4 N–H and O–H groups in total. The van der Waals surface area contributed by atoms with E-state index in [4.69, 9.17) is 38.8 Å². The van der Waals surface area contributed by atoms with Crippen molar-refractivity contribution in [1.29, 1.82) is 0 Å². The third-order valence-corrected chi connectivity index (χ3v) is 9.06. The van der Waals surface area contributed by atoms with Crippen LogP contribution in [0, 0.1) is 0 Å². The van der Waals surface area contributed by atoms with Gasteiger partial charge in [0.05, 0.1) is 38.1 Å². The lowest BCUT2D eigenvalue weighted by Gasteiger charge is -2.29. The molecular formula is C34H38Cl2N6O3. The number of hydrogen-bond donors (Lipinski definition) is 3. The van der Waals surface area contributed by atoms with Crippen LogP contribution in [0.4, 0.5) is 4.79 Å². The zero-order valence-electron chi connectivity index (χ0n) is 25.1. The van der Waals surface area contributed by atoms with E-state index in [9.17, 15) is 9.90 Å². The predicted octanol–water partition coefficient (Wildman–Crippen LogP) is 4.94. The molecule has 2 aliphatic heterocycles. The van der Waals surface area contributed by atoms with Crippen molar-refractivity contribution in [3.05, 3.63) is 99.2 Å². The molecule has 2 aliphatic rings. The van der Waals surface area contributed by atoms with Crippen molar-refractivity contribution in [3.63, 3.8) is 0 Å². The largest absolute Gasteiger partial charge is 0.390 e. The summed E-state index contributed by atoms with van der Waals surface area (Å²) in [6, 6.07) is 21.6. The van der Waals surface area contributed by atoms with Gasteiger partial charge in [0.1, 0.15) is 0 Å². The summed E-state index contributed by atoms with van der Waals surface area (Å²) in [5, 5.41) is 20.8. The van der Waals surface area contributed by atoms with Crippen LogP contribution < -0.4 is 11.1 Å². The van der Waals surface area contributed by atoms with Crippen LogP contribution in [0.2, 0.25) is 10.0 Å². The van der Waals surface area contributed by atoms with E-state index in [1.54, 1.807) is 4.90 Å². The van der Waals surface area contributed by atoms with Gasteiger partial charge in [-0.2, -0.15) is 5.10 Å². The third kappa shape index (κ3) is 7.69. The van der Waals surface area contributed by atoms with Crippen LogP contribution in [-0.4, -0.2) is 76.2 Å². The smallest absolute Gasteiger partial charge is 0.315 e. The van der Waals surface area contributed by atoms with E-state index in [-0.39, 0.29) is 0 Å². The topological polar surface area (TPSA) is 109 Å². The molecule has 45 heavy (non-hydrogen) atoms. The molecule has 4 aromatic rings. The Labute approximate surface area is 273 Å². The lowest BCUT2D eigenvalue weighted by Crippen LogP contribution is -2.42. The number of aliphatic hydroxyl groups excluding tert-OH is 1. The molecule has 1 fully saturated rings. The van der Waals surface area contributed by atoms with Gasteiger partial charge in [0, 0.05) is 78.1 Å². The van der Waals surface area contributed by atoms with Crippen molar-refractivity contribution in [2.45, 2.75) is 38.7 Å². The number of amides is 2. The normalized spacial score (nSPS) is 16.0. The second-order valence-corrected chi connectivity index (χ2v) is 12.5. The number of halogens is 2. The zero-order chi connectivity index (χ0) is 31.3. The van der Waals surface area contributed by atoms with E-state index in [2.05, 4.69) is 40.5 Å². The van der Waals surface area contributed by atoms with Gasteiger partial charge in [0.2, 0.25) is 0 Å². The van der Waals surface area contributed by atoms with E-state index in [0.717, 1.165) is 70.4 Å². The lowest BCUT2D eigenvalue weighted by molar-refractivity contribution is 0.0106. The second kappa shape index (κ2) is 14.3. The number of urea groups is 1. The minimum absolute atomic E-state index is 0.365. The van der Waals surface area contributed by atoms with Crippen molar-refractivity contribution in [3.8, 4) is 22.4 Å². The van der Waals surface area contributed by atoms with Gasteiger partial charge in [-0.3, -0.25) is 9.58 Å². The molecule has 0 spiro atoms. The molecular weight excluding hydrogens is 611 g/mol. The standard InChI is InChI=1S/C34H38Cl2N6O3/c35-27-8-3-24(4-9-27)19-38-18-23-1-5-25(6-2-23)29-17-26(7-10-31(29)36)33-30-22-41(34(37)44)12-11-32(30)42(39-33)21-28(43)20-40-13-15-45-16-14-40/h1-10,17,28,38,43H,11-16,18-22H2,(H2,37,44)/t28-/m0/s1. The molecule has 0 unspecified atom stereocenters. The first kappa shape index (κ1) is 31.5. The minimum Gasteiger partial charge on any atom is -0.390 e. The molecule has 236 valence electrons. The highest BCUT2D eigenvalue weighted by molar-refractivity contribution is 6.33. The molecule has 0 aliphatic carbocycles. The van der Waals surface area contributed by atoms with Crippen molar-refractivity contribution in [1.82, 2.24) is 24.9 Å². The molecule has 9 nitrogen and oxygen atoms in total. The average molecular weight is 650 g/mol. The fraction of sp³-hybridized carbons (Fsp3) is 0.353. The Morgan fingerprint density at radius 2 is 1.60 bits per heavy atom. The monoisotopic (exact) mass is 648 g/mol. The van der Waals surface area contributed by atoms with Crippen LogP contribution >= 0.6 is 23.2 Å². The highest BCUT2D eigenvalue weighted by Crippen LogP contribution is 2.36. The zero-order valence-corrected chi connectivity index (χ0v) is 26.6. The number of aliphatic hydroxyl groups is 1. The third-order valence-electron chi connectivity index (χ3n) is 8.48. The number of nitrogens with two attached hydrogens (primary N) is 1. The number of ether oxygens (including phenoxy) is 1. The van der Waals surface area contributed by atoms with E-state index in [0.29, 0.717) is 50.8 Å². The maximum atomic E-state index is 12.1. The highest BCUT2D eigenvalue weighted by Gasteiger charge is 2.28. The fourth-order valence-corrected chi connectivity index (χ4v) is 6.40. The number of fused-ring (bicyclic) bond motifs is 1. The maximum Gasteiger partial charge on any atom is 0.315 e. The highest BCUT2D eigenvalue weighted by atomic mass is 35.5. The first-order valence-electron chi connectivity index (χ1n) is 15.3. The van der Waals surface area contributed by atoms with Crippen molar-refractivity contribution >= 4 is 29.2 Å². The summed E-state index contributed by atoms with van der Waals surface area (Å²) in [4.78, 5) is 16.0. The van der Waals surface area contributed by atoms with E-state index < -0.39 is 12.1 Å². The first-order chi connectivity index (χ1) is 21.8. The first-order valence-corrected chi connectivity index (χ1v) is 16.0. The van der Waals surface area contributed by atoms with Crippen molar-refractivity contribution < 1.29 is 14.6 Å². The minimum atomic E-state index is -0.589. The molecule has 1 saturated heterocycles. The summed E-state index contributed by atoms with van der Waals surface area (Å²) < 4.78 is 7.36. The number of nitrogens with one attached hydrogen (secondary N) is 1. The molecule has 0 saturated carbocycles.